The summed E-state index contributed by atoms with van der Waals surface area (Å²) >= 11 is 1.62. The molecule has 0 saturated heterocycles. The summed E-state index contributed by atoms with van der Waals surface area (Å²) in [5.74, 6) is 0. The number of hydrogen-bond donors (Lipinski definition) is 0. The molecule has 0 unspecified atom stereocenters. The molecule has 0 saturated carbocycles. The molecule has 1 aromatic rings. The van der Waals surface area contributed by atoms with Crippen LogP contribution in [0.5, 0.6) is 0 Å². The van der Waals surface area contributed by atoms with E-state index in [1.807, 2.05) is 0 Å². The van der Waals surface area contributed by atoms with Crippen molar-refractivity contribution in [1.82, 2.24) is 4.98 Å². The minimum Gasteiger partial charge on any atom is -0.260 e. The van der Waals surface area contributed by atoms with Crippen LogP contribution in [0.1, 0.15) is 11.3 Å². The van der Waals surface area contributed by atoms with Crippen LogP contribution < -0.4 is 0 Å². The molecule has 1 heterocycles. The second-order valence-corrected chi connectivity index (χ2v) is 3.47. The van der Waals surface area contributed by atoms with Crippen molar-refractivity contribution in [2.45, 2.75) is 13.1 Å². The van der Waals surface area contributed by atoms with Crippen LogP contribution in [-0.4, -0.2) is 4.98 Å². The summed E-state index contributed by atoms with van der Waals surface area (Å²) in [6.07, 6.45) is -3.05. The number of pyridine rings is 1. The van der Waals surface area contributed by atoms with E-state index in [-0.39, 0.29) is 3.57 Å². The van der Waals surface area contributed by atoms with Gasteiger partial charge >= 0.3 is 6.18 Å². The quantitative estimate of drug-likeness (QED) is 0.668. The molecular weight excluding hydrogens is 282 g/mol. The normalized spacial score (nSPS) is 11.8. The van der Waals surface area contributed by atoms with Crippen LogP contribution >= 0.6 is 22.6 Å². The van der Waals surface area contributed by atoms with E-state index < -0.39 is 11.7 Å². The highest BCUT2D eigenvalue weighted by molar-refractivity contribution is 14.1. The van der Waals surface area contributed by atoms with E-state index in [1.165, 1.54) is 13.1 Å². The Morgan fingerprint density at radius 3 is 2.42 bits per heavy atom. The van der Waals surface area contributed by atoms with E-state index >= 15 is 0 Å². The monoisotopic (exact) mass is 287 g/mol. The van der Waals surface area contributed by atoms with E-state index in [1.54, 1.807) is 22.6 Å². The molecule has 0 atom stereocenters. The van der Waals surface area contributed by atoms with Gasteiger partial charge in [-0.2, -0.15) is 13.2 Å². The zero-order chi connectivity index (χ0) is 9.35. The van der Waals surface area contributed by atoms with Gasteiger partial charge in [0.05, 0.1) is 5.56 Å². The van der Waals surface area contributed by atoms with Gasteiger partial charge in [0.15, 0.2) is 0 Å². The molecule has 1 rings (SSSR count). The molecule has 5 heteroatoms. The Morgan fingerprint density at radius 1 is 1.42 bits per heavy atom. The Hall–Kier alpha value is -0.330. The molecule has 0 N–H and O–H groups in total. The van der Waals surface area contributed by atoms with Crippen LogP contribution in [0, 0.1) is 10.5 Å². The molecule has 0 fully saturated rings. The summed E-state index contributed by atoms with van der Waals surface area (Å²) in [5.41, 5.74) is -0.238. The van der Waals surface area contributed by atoms with Crippen LogP contribution in [-0.2, 0) is 6.18 Å². The van der Waals surface area contributed by atoms with Gasteiger partial charge in [-0.25, -0.2) is 0 Å². The number of rotatable bonds is 0. The number of aromatic nitrogens is 1. The third-order valence-corrected chi connectivity index (χ3v) is 2.16. The molecule has 0 radical (unpaired) electrons. The summed E-state index contributed by atoms with van der Waals surface area (Å²) in [5, 5.41) is 0. The van der Waals surface area contributed by atoms with Gasteiger partial charge in [-0.15, -0.1) is 0 Å². The highest BCUT2D eigenvalue weighted by atomic mass is 127. The third kappa shape index (κ3) is 2.09. The Kier molecular flexibility index (Phi) is 2.60. The second kappa shape index (κ2) is 3.20. The minimum atomic E-state index is -4.27. The van der Waals surface area contributed by atoms with Gasteiger partial charge in [-0.3, -0.25) is 4.98 Å². The minimum absolute atomic E-state index is 0.130. The fraction of sp³-hybridized carbons (Fsp3) is 0.286. The second-order valence-electron chi connectivity index (χ2n) is 2.30. The van der Waals surface area contributed by atoms with E-state index in [2.05, 4.69) is 4.98 Å². The molecule has 0 aliphatic rings. The zero-order valence-electron chi connectivity index (χ0n) is 6.11. The van der Waals surface area contributed by atoms with Crippen molar-refractivity contribution < 1.29 is 13.2 Å². The number of nitrogens with zero attached hydrogens (tertiary/aromatic N) is 1. The van der Waals surface area contributed by atoms with E-state index in [4.69, 9.17) is 0 Å². The predicted octanol–water partition coefficient (Wildman–Crippen LogP) is 3.01. The largest absolute Gasteiger partial charge is 0.417 e. The van der Waals surface area contributed by atoms with Crippen molar-refractivity contribution >= 4 is 22.6 Å². The Morgan fingerprint density at radius 2 is 2.00 bits per heavy atom. The van der Waals surface area contributed by atoms with Crippen molar-refractivity contribution in [3.8, 4) is 0 Å². The Labute approximate surface area is 81.1 Å². The maximum absolute atomic E-state index is 12.2. The third-order valence-electron chi connectivity index (χ3n) is 1.30. The molecule has 0 bridgehead atoms. The number of halogens is 4. The van der Waals surface area contributed by atoms with Crippen molar-refractivity contribution in [1.29, 1.82) is 0 Å². The lowest BCUT2D eigenvalue weighted by Crippen LogP contribution is -2.08. The van der Waals surface area contributed by atoms with Crippen LogP contribution in [0.25, 0.3) is 0 Å². The first-order valence-electron chi connectivity index (χ1n) is 3.10. The first-order chi connectivity index (χ1) is 5.41. The highest BCUT2D eigenvalue weighted by Crippen LogP contribution is 2.32. The van der Waals surface area contributed by atoms with Gasteiger partial charge in [-0.1, -0.05) is 0 Å². The Balaban J connectivity index is 3.23. The van der Waals surface area contributed by atoms with E-state index in [0.717, 1.165) is 6.07 Å². The maximum Gasteiger partial charge on any atom is 0.417 e. The average Bonchev–Trinajstić information content (AvgIpc) is 1.92. The Bertz CT molecular complexity index is 295. The van der Waals surface area contributed by atoms with Crippen LogP contribution in [0.15, 0.2) is 12.3 Å². The molecule has 0 aliphatic heterocycles. The first-order valence-corrected chi connectivity index (χ1v) is 4.18. The van der Waals surface area contributed by atoms with Gasteiger partial charge in [0.1, 0.15) is 0 Å². The molecule has 1 nitrogen and oxygen atoms in total. The lowest BCUT2D eigenvalue weighted by molar-refractivity contribution is -0.138. The van der Waals surface area contributed by atoms with Gasteiger partial charge in [0.25, 0.3) is 0 Å². The summed E-state index contributed by atoms with van der Waals surface area (Å²) in [6, 6.07) is 1.04. The fourth-order valence-electron chi connectivity index (χ4n) is 0.760. The highest BCUT2D eigenvalue weighted by Gasteiger charge is 2.32. The number of alkyl halides is 3. The topological polar surface area (TPSA) is 12.9 Å². The smallest absolute Gasteiger partial charge is 0.260 e. The van der Waals surface area contributed by atoms with Crippen LogP contribution in [0.3, 0.4) is 0 Å². The summed E-state index contributed by atoms with van der Waals surface area (Å²) in [6.45, 7) is 1.53. The maximum atomic E-state index is 12.2. The van der Waals surface area contributed by atoms with Crippen LogP contribution in [0.4, 0.5) is 13.2 Å². The first kappa shape index (κ1) is 9.76. The lowest BCUT2D eigenvalue weighted by atomic mass is 10.2. The number of aryl methyl sites for hydroxylation is 1. The van der Waals surface area contributed by atoms with Crippen LogP contribution in [0.2, 0.25) is 0 Å². The standard InChI is InChI=1S/C7H5F3IN/c1-4-2-5(7(8,9)10)6(11)3-12-4/h2-3H,1H3. The molecular formula is C7H5F3IN. The molecule has 1 aromatic heterocycles. The lowest BCUT2D eigenvalue weighted by Gasteiger charge is -2.08. The number of hydrogen-bond acceptors (Lipinski definition) is 1. The van der Waals surface area contributed by atoms with E-state index in [0.29, 0.717) is 5.69 Å². The SMILES string of the molecule is Cc1cc(C(F)(F)F)c(I)cn1. The predicted molar refractivity (Wildman–Crippen MR) is 46.7 cm³/mol. The van der Waals surface area contributed by atoms with Crippen molar-refractivity contribution in [3.63, 3.8) is 0 Å². The molecule has 66 valence electrons. The molecule has 0 amide bonds. The van der Waals surface area contributed by atoms with E-state index in [9.17, 15) is 13.2 Å². The van der Waals surface area contributed by atoms with Crippen molar-refractivity contribution in [2.24, 2.45) is 0 Å². The fourth-order valence-corrected chi connectivity index (χ4v) is 1.36. The molecule has 12 heavy (non-hydrogen) atoms. The molecule has 0 aromatic carbocycles. The van der Waals surface area contributed by atoms with Crippen molar-refractivity contribution in [3.05, 3.63) is 27.1 Å². The summed E-state index contributed by atoms with van der Waals surface area (Å²) in [4.78, 5) is 3.75. The average molecular weight is 287 g/mol. The van der Waals surface area contributed by atoms with Gasteiger partial charge < -0.3 is 0 Å². The van der Waals surface area contributed by atoms with Gasteiger partial charge in [0, 0.05) is 15.5 Å². The van der Waals surface area contributed by atoms with Gasteiger partial charge in [0.2, 0.25) is 0 Å². The zero-order valence-corrected chi connectivity index (χ0v) is 8.27. The molecule has 0 aliphatic carbocycles. The molecule has 0 spiro atoms. The summed E-state index contributed by atoms with van der Waals surface area (Å²) < 4.78 is 36.7. The summed E-state index contributed by atoms with van der Waals surface area (Å²) in [7, 11) is 0. The van der Waals surface area contributed by atoms with Crippen molar-refractivity contribution in [2.75, 3.05) is 0 Å². The van der Waals surface area contributed by atoms with Gasteiger partial charge in [-0.05, 0) is 35.6 Å².